The number of rotatable bonds is 5. The molecule has 3 aromatic heterocycles. The number of hydrogen-bond acceptors (Lipinski definition) is 4. The fraction of sp³-hybridized carbons (Fsp3) is 0.344. The smallest absolute Gasteiger partial charge is 0.253 e. The summed E-state index contributed by atoms with van der Waals surface area (Å²) in [5, 5.41) is 4.28. The molecule has 0 bridgehead atoms. The maximum atomic E-state index is 12.2. The highest BCUT2D eigenvalue weighted by Gasteiger charge is 2.19. The Morgan fingerprint density at radius 1 is 1.05 bits per heavy atom. The van der Waals surface area contributed by atoms with Crippen LogP contribution < -0.4 is 5.32 Å². The number of anilines is 1. The second kappa shape index (κ2) is 10.8. The van der Waals surface area contributed by atoms with E-state index in [4.69, 9.17) is 4.98 Å². The molecular weight excluding hydrogens is 470 g/mol. The molecule has 1 N–H and O–H groups in total. The number of amides is 1. The molecule has 6 nitrogen and oxygen atoms in total. The lowest BCUT2D eigenvalue weighted by Gasteiger charge is -2.16. The zero-order chi connectivity index (χ0) is 26.8. The molecule has 5 rings (SSSR count). The number of aryl methyl sites for hydroxylation is 2. The van der Waals surface area contributed by atoms with Gasteiger partial charge in [-0.3, -0.25) is 4.79 Å². The van der Waals surface area contributed by atoms with Gasteiger partial charge >= 0.3 is 0 Å². The Morgan fingerprint density at radius 2 is 1.84 bits per heavy atom. The Kier molecular flexibility index (Phi) is 7.32. The van der Waals surface area contributed by atoms with Gasteiger partial charge in [0.1, 0.15) is 11.5 Å². The van der Waals surface area contributed by atoms with Crippen molar-refractivity contribution >= 4 is 28.8 Å². The second-order valence-electron chi connectivity index (χ2n) is 10.6. The first-order chi connectivity index (χ1) is 18.4. The van der Waals surface area contributed by atoms with E-state index in [1.165, 1.54) is 40.8 Å². The summed E-state index contributed by atoms with van der Waals surface area (Å²) < 4.78 is 2.21. The topological polar surface area (TPSA) is 63.1 Å². The summed E-state index contributed by atoms with van der Waals surface area (Å²) in [7, 11) is 7.59. The van der Waals surface area contributed by atoms with Crippen molar-refractivity contribution in [2.24, 2.45) is 7.05 Å². The van der Waals surface area contributed by atoms with Gasteiger partial charge in [-0.05, 0) is 98.0 Å². The van der Waals surface area contributed by atoms with Gasteiger partial charge in [0.15, 0.2) is 0 Å². The SMILES string of the molecule is CNc1cc(C)c(-c2ccnc3c2cc(/C=C2/CCCC(c4ccc(C(=O)N(C)C)cc4)CC2)n3C)cn1. The molecule has 1 saturated carbocycles. The van der Waals surface area contributed by atoms with E-state index >= 15 is 0 Å². The predicted molar refractivity (Wildman–Crippen MR) is 156 cm³/mol. The van der Waals surface area contributed by atoms with E-state index in [-0.39, 0.29) is 5.91 Å². The van der Waals surface area contributed by atoms with Crippen molar-refractivity contribution in [2.75, 3.05) is 26.5 Å². The van der Waals surface area contributed by atoms with Crippen LogP contribution in [0.25, 0.3) is 28.2 Å². The van der Waals surface area contributed by atoms with Crippen LogP contribution in [0.4, 0.5) is 5.82 Å². The molecule has 1 aliphatic carbocycles. The molecule has 1 amide bonds. The minimum atomic E-state index is 0.0524. The number of allylic oxidation sites excluding steroid dienone is 1. The van der Waals surface area contributed by atoms with Crippen LogP contribution >= 0.6 is 0 Å². The molecule has 1 aliphatic rings. The number of pyridine rings is 2. The lowest BCUT2D eigenvalue weighted by Crippen LogP contribution is -2.21. The van der Waals surface area contributed by atoms with Crippen molar-refractivity contribution in [1.82, 2.24) is 19.4 Å². The third-order valence-corrected chi connectivity index (χ3v) is 7.88. The van der Waals surface area contributed by atoms with Crippen molar-refractivity contribution < 1.29 is 4.79 Å². The van der Waals surface area contributed by atoms with Gasteiger partial charge in [0.05, 0.1) is 0 Å². The molecule has 0 spiro atoms. The van der Waals surface area contributed by atoms with Gasteiger partial charge in [0.2, 0.25) is 0 Å². The Morgan fingerprint density at radius 3 is 2.55 bits per heavy atom. The van der Waals surface area contributed by atoms with Crippen LogP contribution in [0.3, 0.4) is 0 Å². The number of nitrogens with one attached hydrogen (secondary N) is 1. The van der Waals surface area contributed by atoms with Crippen LogP contribution in [0.5, 0.6) is 0 Å². The molecule has 0 radical (unpaired) electrons. The number of hydrogen-bond donors (Lipinski definition) is 1. The summed E-state index contributed by atoms with van der Waals surface area (Å²) in [4.78, 5) is 23.1. The average molecular weight is 508 g/mol. The highest BCUT2D eigenvalue weighted by molar-refractivity contribution is 5.96. The van der Waals surface area contributed by atoms with Crippen LogP contribution in [0, 0.1) is 6.92 Å². The van der Waals surface area contributed by atoms with Gasteiger partial charge in [-0.1, -0.05) is 17.7 Å². The molecule has 4 aromatic rings. The summed E-state index contributed by atoms with van der Waals surface area (Å²) in [5.41, 5.74) is 9.26. The largest absolute Gasteiger partial charge is 0.373 e. The standard InChI is InChI=1S/C32H37N5O/c1-21-17-30(33-2)35-20-29(21)27-15-16-34-31-28(27)19-26(37(31)5)18-22-7-6-8-23(10-9-22)24-11-13-25(14-12-24)32(38)36(3)4/h11-20,23H,6-10H2,1-5H3,(H,33,35)/b22-18-. The molecule has 1 fully saturated rings. The Balaban J connectivity index is 1.38. The minimum Gasteiger partial charge on any atom is -0.373 e. The fourth-order valence-electron chi connectivity index (χ4n) is 5.63. The molecule has 196 valence electrons. The van der Waals surface area contributed by atoms with Crippen LogP contribution in [0.15, 0.2) is 60.4 Å². The van der Waals surface area contributed by atoms with Crippen molar-refractivity contribution in [3.8, 4) is 11.1 Å². The van der Waals surface area contributed by atoms with E-state index in [0.717, 1.165) is 47.2 Å². The quantitative estimate of drug-likeness (QED) is 0.301. The summed E-state index contributed by atoms with van der Waals surface area (Å²) in [6, 6.07) is 14.7. The van der Waals surface area contributed by atoms with E-state index in [2.05, 4.69) is 65.2 Å². The Bertz CT molecular complexity index is 1500. The number of fused-ring (bicyclic) bond motifs is 1. The second-order valence-corrected chi connectivity index (χ2v) is 10.6. The van der Waals surface area contributed by atoms with Gasteiger partial charge in [-0.25, -0.2) is 9.97 Å². The zero-order valence-electron chi connectivity index (χ0n) is 23.1. The molecular formula is C32H37N5O. The summed E-state index contributed by atoms with van der Waals surface area (Å²) in [6.07, 6.45) is 11.9. The Labute approximate surface area is 225 Å². The Hall–Kier alpha value is -3.93. The molecule has 6 heteroatoms. The van der Waals surface area contributed by atoms with Crippen molar-refractivity contribution in [2.45, 2.75) is 44.9 Å². The van der Waals surface area contributed by atoms with Crippen LogP contribution in [0.2, 0.25) is 0 Å². The molecule has 1 unspecified atom stereocenters. The first-order valence-corrected chi connectivity index (χ1v) is 13.5. The number of nitrogens with zero attached hydrogens (tertiary/aromatic N) is 4. The summed E-state index contributed by atoms with van der Waals surface area (Å²) in [6.45, 7) is 2.13. The van der Waals surface area contributed by atoms with Gasteiger partial charge in [0.25, 0.3) is 5.91 Å². The molecule has 1 aromatic carbocycles. The highest BCUT2D eigenvalue weighted by Crippen LogP contribution is 2.36. The van der Waals surface area contributed by atoms with E-state index < -0.39 is 0 Å². The fourth-order valence-corrected chi connectivity index (χ4v) is 5.63. The van der Waals surface area contributed by atoms with Gasteiger partial charge in [0, 0.05) is 62.8 Å². The van der Waals surface area contributed by atoms with Crippen molar-refractivity contribution in [1.29, 1.82) is 0 Å². The van der Waals surface area contributed by atoms with Gasteiger partial charge in [-0.15, -0.1) is 0 Å². The van der Waals surface area contributed by atoms with Crippen molar-refractivity contribution in [3.63, 3.8) is 0 Å². The molecule has 0 saturated heterocycles. The maximum absolute atomic E-state index is 12.2. The maximum Gasteiger partial charge on any atom is 0.253 e. The van der Waals surface area contributed by atoms with Crippen molar-refractivity contribution in [3.05, 3.63) is 82.8 Å². The third-order valence-electron chi connectivity index (χ3n) is 7.88. The van der Waals surface area contributed by atoms with Gasteiger partial charge < -0.3 is 14.8 Å². The number of carbonyl (C=O) groups is 1. The molecule has 0 aliphatic heterocycles. The summed E-state index contributed by atoms with van der Waals surface area (Å²) in [5.74, 6) is 1.46. The number of carbonyl (C=O) groups excluding carboxylic acids is 1. The van der Waals surface area contributed by atoms with Gasteiger partial charge in [-0.2, -0.15) is 0 Å². The average Bonchev–Trinajstić information content (AvgIpc) is 3.08. The van der Waals surface area contributed by atoms with Crippen LogP contribution in [-0.4, -0.2) is 46.5 Å². The first kappa shape index (κ1) is 25.7. The highest BCUT2D eigenvalue weighted by atomic mass is 16.2. The summed E-state index contributed by atoms with van der Waals surface area (Å²) >= 11 is 0. The van der Waals surface area contributed by atoms with E-state index in [1.54, 1.807) is 19.0 Å². The minimum absolute atomic E-state index is 0.0524. The van der Waals surface area contributed by atoms with E-state index in [0.29, 0.717) is 5.92 Å². The monoisotopic (exact) mass is 507 g/mol. The predicted octanol–water partition coefficient (Wildman–Crippen LogP) is 6.82. The van der Waals surface area contributed by atoms with Crippen LogP contribution in [0.1, 0.15) is 65.2 Å². The van der Waals surface area contributed by atoms with E-state index in [9.17, 15) is 4.79 Å². The molecule has 38 heavy (non-hydrogen) atoms. The normalized spacial score (nSPS) is 17.0. The lowest BCUT2D eigenvalue weighted by atomic mass is 9.91. The zero-order valence-corrected chi connectivity index (χ0v) is 23.1. The molecule has 1 atom stereocenters. The van der Waals surface area contributed by atoms with Crippen LogP contribution in [-0.2, 0) is 7.05 Å². The molecule has 3 heterocycles. The lowest BCUT2D eigenvalue weighted by molar-refractivity contribution is 0.0827. The third kappa shape index (κ3) is 5.08. The number of aromatic nitrogens is 3. The first-order valence-electron chi connectivity index (χ1n) is 13.5. The van der Waals surface area contributed by atoms with E-state index in [1.807, 2.05) is 31.6 Å². The number of benzene rings is 1.